The van der Waals surface area contributed by atoms with Crippen molar-refractivity contribution in [2.24, 2.45) is 5.92 Å². The molecule has 0 radical (unpaired) electrons. The van der Waals surface area contributed by atoms with Gasteiger partial charge in [0.05, 0.1) is 16.9 Å². The zero-order chi connectivity index (χ0) is 19.4. The minimum absolute atomic E-state index is 0.0870. The van der Waals surface area contributed by atoms with Gasteiger partial charge in [-0.3, -0.25) is 4.79 Å². The van der Waals surface area contributed by atoms with Gasteiger partial charge in [0.1, 0.15) is 0 Å². The van der Waals surface area contributed by atoms with Gasteiger partial charge in [0, 0.05) is 13.1 Å². The van der Waals surface area contributed by atoms with Gasteiger partial charge in [-0.15, -0.1) is 0 Å². The Bertz CT molecular complexity index is 879. The van der Waals surface area contributed by atoms with Crippen LogP contribution in [-0.2, 0) is 14.8 Å². The summed E-state index contributed by atoms with van der Waals surface area (Å²) >= 11 is 0. The van der Waals surface area contributed by atoms with Gasteiger partial charge in [0.2, 0.25) is 15.9 Å². The Morgan fingerprint density at radius 2 is 1.78 bits per heavy atom. The third-order valence-corrected chi connectivity index (χ3v) is 6.95. The lowest BCUT2D eigenvalue weighted by Gasteiger charge is -2.32. The van der Waals surface area contributed by atoms with Crippen LogP contribution >= 0.6 is 0 Å². The quantitative estimate of drug-likeness (QED) is 0.858. The Morgan fingerprint density at radius 1 is 1.11 bits per heavy atom. The molecule has 1 heterocycles. The van der Waals surface area contributed by atoms with E-state index in [1.54, 1.807) is 30.3 Å². The molecule has 27 heavy (non-hydrogen) atoms. The molecule has 0 spiro atoms. The van der Waals surface area contributed by atoms with Gasteiger partial charge >= 0.3 is 0 Å². The molecule has 0 aromatic heterocycles. The van der Waals surface area contributed by atoms with Crippen LogP contribution in [0, 0.1) is 12.8 Å². The fraction of sp³-hybridized carbons (Fsp3) is 0.381. The summed E-state index contributed by atoms with van der Waals surface area (Å²) in [4.78, 5) is 13.0. The van der Waals surface area contributed by atoms with Gasteiger partial charge in [-0.1, -0.05) is 48.0 Å². The molecule has 6 heteroatoms. The fourth-order valence-electron chi connectivity index (χ4n) is 3.39. The van der Waals surface area contributed by atoms with E-state index in [1.165, 1.54) is 9.87 Å². The fourth-order valence-corrected chi connectivity index (χ4v) is 4.93. The molecule has 1 aliphatic rings. The van der Waals surface area contributed by atoms with Crippen molar-refractivity contribution in [3.8, 4) is 0 Å². The van der Waals surface area contributed by atoms with Crippen molar-refractivity contribution in [2.75, 3.05) is 13.1 Å². The van der Waals surface area contributed by atoms with Crippen molar-refractivity contribution in [2.45, 2.75) is 37.6 Å². The summed E-state index contributed by atoms with van der Waals surface area (Å²) in [6, 6.07) is 16.4. The van der Waals surface area contributed by atoms with E-state index in [0.717, 1.165) is 5.56 Å². The molecule has 0 aliphatic carbocycles. The summed E-state index contributed by atoms with van der Waals surface area (Å²) in [5.74, 6) is -0.416. The van der Waals surface area contributed by atoms with E-state index in [-0.39, 0.29) is 29.3 Å². The number of carbonyl (C=O) groups excluding carboxylic acids is 1. The van der Waals surface area contributed by atoms with E-state index in [2.05, 4.69) is 5.32 Å². The predicted molar refractivity (Wildman–Crippen MR) is 106 cm³/mol. The first-order valence-electron chi connectivity index (χ1n) is 9.30. The topological polar surface area (TPSA) is 66.5 Å². The van der Waals surface area contributed by atoms with Gasteiger partial charge in [0.25, 0.3) is 0 Å². The number of carbonyl (C=O) groups is 1. The Balaban J connectivity index is 1.67. The third kappa shape index (κ3) is 4.57. The highest BCUT2D eigenvalue weighted by Gasteiger charge is 2.33. The molecule has 2 atom stereocenters. The lowest BCUT2D eigenvalue weighted by Crippen LogP contribution is -2.45. The smallest absolute Gasteiger partial charge is 0.243 e. The van der Waals surface area contributed by atoms with Crippen LogP contribution in [0.25, 0.3) is 0 Å². The molecule has 3 rings (SSSR count). The van der Waals surface area contributed by atoms with E-state index in [9.17, 15) is 13.2 Å². The van der Waals surface area contributed by atoms with Crippen LogP contribution in [0.4, 0.5) is 0 Å². The molecule has 1 fully saturated rings. The van der Waals surface area contributed by atoms with Crippen molar-refractivity contribution in [3.05, 3.63) is 65.7 Å². The minimum Gasteiger partial charge on any atom is -0.349 e. The molecule has 5 nitrogen and oxygen atoms in total. The van der Waals surface area contributed by atoms with Crippen LogP contribution in [0.15, 0.2) is 59.5 Å². The van der Waals surface area contributed by atoms with Crippen molar-refractivity contribution < 1.29 is 13.2 Å². The van der Waals surface area contributed by atoms with Gasteiger partial charge in [-0.25, -0.2) is 8.42 Å². The average molecular weight is 387 g/mol. The van der Waals surface area contributed by atoms with E-state index in [1.807, 2.05) is 38.1 Å². The highest BCUT2D eigenvalue weighted by atomic mass is 32.2. The van der Waals surface area contributed by atoms with E-state index < -0.39 is 10.0 Å². The second kappa shape index (κ2) is 8.23. The molecule has 2 unspecified atom stereocenters. The van der Waals surface area contributed by atoms with Crippen LogP contribution in [0.5, 0.6) is 0 Å². The summed E-state index contributed by atoms with van der Waals surface area (Å²) in [7, 11) is -3.56. The molecule has 2 aromatic carbocycles. The molecule has 1 N–H and O–H groups in total. The van der Waals surface area contributed by atoms with E-state index in [0.29, 0.717) is 19.4 Å². The minimum atomic E-state index is -3.56. The zero-order valence-electron chi connectivity index (χ0n) is 15.8. The number of aryl methyl sites for hydroxylation is 1. The van der Waals surface area contributed by atoms with Crippen LogP contribution in [0.2, 0.25) is 0 Å². The molecular weight excluding hydrogens is 360 g/mol. The molecule has 1 amide bonds. The van der Waals surface area contributed by atoms with Crippen molar-refractivity contribution in [3.63, 3.8) is 0 Å². The van der Waals surface area contributed by atoms with Gasteiger partial charge < -0.3 is 5.32 Å². The summed E-state index contributed by atoms with van der Waals surface area (Å²) in [5, 5.41) is 3.04. The van der Waals surface area contributed by atoms with Gasteiger partial charge in [-0.2, -0.15) is 4.31 Å². The van der Waals surface area contributed by atoms with E-state index in [4.69, 9.17) is 0 Å². The molecular formula is C21H26N2O3S. The van der Waals surface area contributed by atoms with Crippen molar-refractivity contribution in [1.29, 1.82) is 0 Å². The molecule has 1 saturated heterocycles. The number of amides is 1. The lowest BCUT2D eigenvalue weighted by molar-refractivity contribution is -0.126. The number of benzene rings is 2. The largest absolute Gasteiger partial charge is 0.349 e. The number of sulfonamides is 1. The Morgan fingerprint density at radius 3 is 2.44 bits per heavy atom. The Hall–Kier alpha value is -2.18. The normalized spacial score (nSPS) is 19.4. The lowest BCUT2D eigenvalue weighted by atomic mass is 9.97. The van der Waals surface area contributed by atoms with Crippen LogP contribution in [0.3, 0.4) is 0 Å². The second-order valence-corrected chi connectivity index (χ2v) is 9.09. The highest BCUT2D eigenvalue weighted by molar-refractivity contribution is 7.89. The van der Waals surface area contributed by atoms with Crippen molar-refractivity contribution >= 4 is 15.9 Å². The van der Waals surface area contributed by atoms with E-state index >= 15 is 0 Å². The van der Waals surface area contributed by atoms with Crippen LogP contribution < -0.4 is 5.32 Å². The Kier molecular flexibility index (Phi) is 5.97. The first-order valence-corrected chi connectivity index (χ1v) is 10.7. The number of nitrogens with one attached hydrogen (secondary N) is 1. The molecule has 2 aromatic rings. The maximum atomic E-state index is 12.8. The average Bonchev–Trinajstić information content (AvgIpc) is 2.69. The zero-order valence-corrected chi connectivity index (χ0v) is 16.6. The number of nitrogens with zero attached hydrogens (tertiary/aromatic N) is 1. The standard InChI is InChI=1S/C21H26N2O3S/c1-16-10-12-18(13-11-16)17(2)22-21(24)19-7-6-14-23(15-19)27(25,26)20-8-4-3-5-9-20/h3-5,8-13,17,19H,6-7,14-15H2,1-2H3,(H,22,24). The summed E-state index contributed by atoms with van der Waals surface area (Å²) in [6.45, 7) is 4.65. The second-order valence-electron chi connectivity index (χ2n) is 7.16. The Labute approximate surface area is 161 Å². The van der Waals surface area contributed by atoms with Gasteiger partial charge in [-0.05, 0) is 44.4 Å². The summed E-state index contributed by atoms with van der Waals surface area (Å²) < 4.78 is 27.1. The number of hydrogen-bond donors (Lipinski definition) is 1. The van der Waals surface area contributed by atoms with Gasteiger partial charge in [0.15, 0.2) is 0 Å². The molecule has 144 valence electrons. The maximum Gasteiger partial charge on any atom is 0.243 e. The maximum absolute atomic E-state index is 12.8. The SMILES string of the molecule is Cc1ccc(C(C)NC(=O)C2CCCN(S(=O)(=O)c3ccccc3)C2)cc1. The van der Waals surface area contributed by atoms with Crippen LogP contribution in [0.1, 0.15) is 36.9 Å². The first kappa shape index (κ1) is 19.6. The first-order chi connectivity index (χ1) is 12.9. The summed E-state index contributed by atoms with van der Waals surface area (Å²) in [6.07, 6.45) is 1.39. The predicted octanol–water partition coefficient (Wildman–Crippen LogP) is 3.27. The number of piperidine rings is 1. The van der Waals surface area contributed by atoms with Crippen molar-refractivity contribution in [1.82, 2.24) is 9.62 Å². The monoisotopic (exact) mass is 386 g/mol. The number of hydrogen-bond acceptors (Lipinski definition) is 3. The third-order valence-electron chi connectivity index (χ3n) is 5.07. The summed E-state index contributed by atoms with van der Waals surface area (Å²) in [5.41, 5.74) is 2.21. The molecule has 0 bridgehead atoms. The molecule has 0 saturated carbocycles. The number of rotatable bonds is 5. The molecule has 1 aliphatic heterocycles. The van der Waals surface area contributed by atoms with Crippen LogP contribution in [-0.4, -0.2) is 31.7 Å². The highest BCUT2D eigenvalue weighted by Crippen LogP contribution is 2.24.